The highest BCUT2D eigenvalue weighted by molar-refractivity contribution is 7.58. The van der Waals surface area contributed by atoms with Crippen LogP contribution < -0.4 is 0 Å². The highest BCUT2D eigenvalue weighted by Crippen LogP contribution is 2.45. The molecule has 0 heterocycles. The minimum Gasteiger partial charge on any atom is -0.326 e. The Kier molecular flexibility index (Phi) is 10.5. The Bertz CT molecular complexity index is 232. The molecule has 0 spiro atoms. The Labute approximate surface area is 111 Å². The summed E-state index contributed by atoms with van der Waals surface area (Å²) in [5.74, 6) is 0. The van der Waals surface area contributed by atoms with Crippen molar-refractivity contribution < 1.29 is 9.09 Å². The number of hydrogen-bond acceptors (Lipinski definition) is 2. The quantitative estimate of drug-likeness (QED) is 0.438. The van der Waals surface area contributed by atoms with E-state index in [1.165, 1.54) is 24.9 Å². The van der Waals surface area contributed by atoms with Crippen LogP contribution in [0.5, 0.6) is 0 Å². The van der Waals surface area contributed by atoms with E-state index < -0.39 is 7.37 Å². The summed E-state index contributed by atoms with van der Waals surface area (Å²) in [4.78, 5) is 0. The molecule has 0 aromatic carbocycles. The van der Waals surface area contributed by atoms with E-state index in [0.29, 0.717) is 0 Å². The van der Waals surface area contributed by atoms with Gasteiger partial charge in [-0.1, -0.05) is 0 Å². The van der Waals surface area contributed by atoms with E-state index >= 15 is 0 Å². The lowest BCUT2D eigenvalue weighted by atomic mass is 10.5. The lowest BCUT2D eigenvalue weighted by molar-refractivity contribution is 0.246. The maximum atomic E-state index is 12.1. The molecule has 104 valence electrons. The van der Waals surface area contributed by atoms with E-state index in [0.717, 1.165) is 21.2 Å². The normalized spacial score (nSPS) is 17.8. The van der Waals surface area contributed by atoms with Crippen molar-refractivity contribution in [2.24, 2.45) is 0 Å². The zero-order valence-electron chi connectivity index (χ0n) is 12.0. The first-order valence-electron chi connectivity index (χ1n) is 6.45. The van der Waals surface area contributed by atoms with E-state index in [-0.39, 0.29) is 14.0 Å². The summed E-state index contributed by atoms with van der Waals surface area (Å²) in [6, 6.07) is 0. The molecule has 0 aliphatic rings. The van der Waals surface area contributed by atoms with Crippen LogP contribution in [0.4, 0.5) is 0 Å². The van der Waals surface area contributed by atoms with Gasteiger partial charge >= 0.3 is 0 Å². The van der Waals surface area contributed by atoms with Crippen LogP contribution in [0, 0.1) is 0 Å². The number of hydrogen-bond donors (Lipinski definition) is 0. The molecule has 5 heteroatoms. The molecule has 0 rings (SSSR count). The summed E-state index contributed by atoms with van der Waals surface area (Å²) in [5.41, 5.74) is 0. The number of rotatable bonds is 10. The van der Waals surface area contributed by atoms with Crippen LogP contribution in [-0.4, -0.2) is 50.7 Å². The molecule has 0 radical (unpaired) electrons. The van der Waals surface area contributed by atoms with Gasteiger partial charge < -0.3 is 4.52 Å². The van der Waals surface area contributed by atoms with E-state index in [1.54, 1.807) is 6.66 Å². The third kappa shape index (κ3) is 11.9. The van der Waals surface area contributed by atoms with Gasteiger partial charge in [-0.2, -0.15) is 0 Å². The van der Waals surface area contributed by atoms with Crippen molar-refractivity contribution in [1.82, 2.24) is 0 Å². The second-order valence-electron chi connectivity index (χ2n) is 5.01. The van der Waals surface area contributed by atoms with Crippen molar-refractivity contribution in [2.45, 2.75) is 32.8 Å². The molecule has 0 aliphatic carbocycles. The average Bonchev–Trinajstić information content (AvgIpc) is 2.15. The monoisotopic (exact) mass is 298 g/mol. The van der Waals surface area contributed by atoms with Crippen LogP contribution in [0.2, 0.25) is 0 Å². The molecule has 3 atom stereocenters. The largest absolute Gasteiger partial charge is 0.326 e. The van der Waals surface area contributed by atoms with Crippen molar-refractivity contribution in [3.05, 3.63) is 0 Å². The predicted molar refractivity (Wildman–Crippen MR) is 85.5 cm³/mol. The van der Waals surface area contributed by atoms with Gasteiger partial charge in [0.1, 0.15) is 0 Å². The minimum atomic E-state index is -2.32. The molecule has 17 heavy (non-hydrogen) atoms. The molecule has 0 fully saturated rings. The molecule has 0 saturated heterocycles. The van der Waals surface area contributed by atoms with Gasteiger partial charge in [0.2, 0.25) is 0 Å². The molecular weight excluding hydrogens is 269 g/mol. The third-order valence-electron chi connectivity index (χ3n) is 2.50. The van der Waals surface area contributed by atoms with Crippen LogP contribution in [0.3, 0.4) is 0 Å². The minimum absolute atomic E-state index is 0.0829. The van der Waals surface area contributed by atoms with Crippen LogP contribution in [0.25, 0.3) is 0 Å². The summed E-state index contributed by atoms with van der Waals surface area (Å²) < 4.78 is 17.5. The molecule has 0 N–H and O–H groups in total. The Morgan fingerprint density at radius 1 is 1.29 bits per heavy atom. The molecule has 0 aromatic rings. The van der Waals surface area contributed by atoms with Gasteiger partial charge in [0.25, 0.3) is 0 Å². The van der Waals surface area contributed by atoms with Crippen LogP contribution in [-0.2, 0) is 9.09 Å². The van der Waals surface area contributed by atoms with E-state index in [4.69, 9.17) is 4.52 Å². The van der Waals surface area contributed by atoms with Gasteiger partial charge in [-0.3, -0.25) is 4.57 Å². The second kappa shape index (κ2) is 9.91. The van der Waals surface area contributed by atoms with Crippen molar-refractivity contribution in [2.75, 3.05) is 44.6 Å². The van der Waals surface area contributed by atoms with Crippen LogP contribution in [0.1, 0.15) is 26.7 Å². The lowest BCUT2D eigenvalue weighted by Crippen LogP contribution is -2.03. The standard InChI is InChI=1S/C12H29O2P3/c1-12(2)14-17(5,13)11-7-10-16(4)9-6-8-15-3/h12,15H,6-11H2,1-5H3. The average molecular weight is 298 g/mol. The van der Waals surface area contributed by atoms with Gasteiger partial charge in [-0.25, -0.2) is 0 Å². The summed E-state index contributed by atoms with van der Waals surface area (Å²) >= 11 is 0. The third-order valence-corrected chi connectivity index (χ3v) is 7.51. The van der Waals surface area contributed by atoms with Gasteiger partial charge in [-0.05, 0) is 58.5 Å². The lowest BCUT2D eigenvalue weighted by Gasteiger charge is -2.18. The molecular formula is C12H29O2P3. The Hall–Kier alpha value is 1.05. The molecule has 3 unspecified atom stereocenters. The van der Waals surface area contributed by atoms with Gasteiger partial charge in [0.05, 0.1) is 6.10 Å². The van der Waals surface area contributed by atoms with Crippen molar-refractivity contribution in [3.63, 3.8) is 0 Å². The van der Waals surface area contributed by atoms with Crippen molar-refractivity contribution in [1.29, 1.82) is 0 Å². The first-order valence-corrected chi connectivity index (χ1v) is 12.6. The topological polar surface area (TPSA) is 26.3 Å². The smallest absolute Gasteiger partial charge is 0.200 e. The first kappa shape index (κ1) is 18.0. The highest BCUT2D eigenvalue weighted by atomic mass is 31.2. The fourth-order valence-electron chi connectivity index (χ4n) is 1.76. The fourth-order valence-corrected chi connectivity index (χ4v) is 6.19. The summed E-state index contributed by atoms with van der Waals surface area (Å²) in [6.45, 7) is 10.3. The Balaban J connectivity index is 3.64. The maximum absolute atomic E-state index is 12.1. The van der Waals surface area contributed by atoms with E-state index in [1.807, 2.05) is 13.8 Å². The van der Waals surface area contributed by atoms with Gasteiger partial charge in [0.15, 0.2) is 7.37 Å². The molecule has 0 aliphatic heterocycles. The van der Waals surface area contributed by atoms with Crippen molar-refractivity contribution >= 4 is 23.9 Å². The zero-order chi connectivity index (χ0) is 13.3. The van der Waals surface area contributed by atoms with E-state index in [2.05, 4.69) is 13.3 Å². The maximum Gasteiger partial charge on any atom is 0.200 e. The first-order chi connectivity index (χ1) is 7.87. The van der Waals surface area contributed by atoms with E-state index in [9.17, 15) is 4.57 Å². The van der Waals surface area contributed by atoms with Crippen LogP contribution in [0.15, 0.2) is 0 Å². The molecule has 0 aromatic heterocycles. The Morgan fingerprint density at radius 3 is 2.41 bits per heavy atom. The predicted octanol–water partition coefficient (Wildman–Crippen LogP) is 4.52. The summed E-state index contributed by atoms with van der Waals surface area (Å²) in [6.07, 6.45) is 7.31. The second-order valence-corrected chi connectivity index (χ2v) is 11.5. The van der Waals surface area contributed by atoms with Crippen molar-refractivity contribution in [3.8, 4) is 0 Å². The zero-order valence-corrected chi connectivity index (χ0v) is 14.8. The fraction of sp³-hybridized carbons (Fsp3) is 1.00. The molecule has 0 amide bonds. The van der Waals surface area contributed by atoms with Gasteiger partial charge in [-0.15, -0.1) is 16.5 Å². The highest BCUT2D eigenvalue weighted by Gasteiger charge is 2.17. The molecule has 0 saturated carbocycles. The van der Waals surface area contributed by atoms with Crippen LogP contribution >= 0.6 is 23.9 Å². The van der Waals surface area contributed by atoms with Gasteiger partial charge in [0, 0.05) is 12.8 Å². The SMILES string of the molecule is CPCCCP(C)CCCP(C)(=O)OC(C)C. The summed E-state index contributed by atoms with van der Waals surface area (Å²) in [7, 11) is -1.07. The molecule has 0 bridgehead atoms. The Morgan fingerprint density at radius 2 is 1.88 bits per heavy atom. The molecule has 2 nitrogen and oxygen atoms in total. The summed E-state index contributed by atoms with van der Waals surface area (Å²) in [5, 5.41) is 0.